The van der Waals surface area contributed by atoms with Gasteiger partial charge in [-0.2, -0.15) is 4.31 Å². The molecule has 0 saturated heterocycles. The number of hydrogen-bond donors (Lipinski definition) is 1. The Morgan fingerprint density at radius 2 is 1.90 bits per heavy atom. The SMILES string of the molecule is CCN(CC)S(=O)(=O)c1ccc(OC(C)C)c(NC(=O)Cc2c(C)noc2C)c1. The Morgan fingerprint density at radius 1 is 1.24 bits per heavy atom. The first-order valence-corrected chi connectivity index (χ1v) is 11.1. The quantitative estimate of drug-likeness (QED) is 0.664. The topological polar surface area (TPSA) is 102 Å². The highest BCUT2D eigenvalue weighted by Gasteiger charge is 2.24. The van der Waals surface area contributed by atoms with Crippen molar-refractivity contribution >= 4 is 21.6 Å². The second-order valence-corrected chi connectivity index (χ2v) is 8.88. The summed E-state index contributed by atoms with van der Waals surface area (Å²) in [5.74, 6) is 0.671. The molecule has 1 aromatic heterocycles. The number of carbonyl (C=O) groups excluding carboxylic acids is 1. The zero-order valence-corrected chi connectivity index (χ0v) is 18.6. The Morgan fingerprint density at radius 3 is 2.41 bits per heavy atom. The first-order valence-electron chi connectivity index (χ1n) is 9.62. The molecular formula is C20H29N3O5S. The van der Waals surface area contributed by atoms with E-state index in [0.29, 0.717) is 41.5 Å². The molecule has 8 nitrogen and oxygen atoms in total. The molecule has 9 heteroatoms. The summed E-state index contributed by atoms with van der Waals surface area (Å²) in [5, 5.41) is 6.63. The van der Waals surface area contributed by atoms with E-state index in [1.54, 1.807) is 33.8 Å². The van der Waals surface area contributed by atoms with Gasteiger partial charge >= 0.3 is 0 Å². The van der Waals surface area contributed by atoms with Crippen LogP contribution in [-0.2, 0) is 21.2 Å². The molecule has 0 fully saturated rings. The fourth-order valence-electron chi connectivity index (χ4n) is 2.95. The normalized spacial score (nSPS) is 11.9. The molecule has 1 amide bonds. The predicted molar refractivity (Wildman–Crippen MR) is 111 cm³/mol. The third-order valence-electron chi connectivity index (χ3n) is 4.45. The van der Waals surface area contributed by atoms with Crippen molar-refractivity contribution < 1.29 is 22.5 Å². The van der Waals surface area contributed by atoms with Gasteiger partial charge in [-0.3, -0.25) is 4.79 Å². The standard InChI is InChI=1S/C20H29N3O5S/c1-7-23(8-2)29(25,26)16-9-10-19(27-13(3)4)18(11-16)21-20(24)12-17-14(5)22-28-15(17)6/h9-11,13H,7-8,12H2,1-6H3,(H,21,24). The number of nitrogens with zero attached hydrogens (tertiary/aromatic N) is 2. The van der Waals surface area contributed by atoms with E-state index in [4.69, 9.17) is 9.26 Å². The van der Waals surface area contributed by atoms with Crippen LogP contribution in [0.2, 0.25) is 0 Å². The van der Waals surface area contributed by atoms with Crippen LogP contribution in [0.3, 0.4) is 0 Å². The lowest BCUT2D eigenvalue weighted by Crippen LogP contribution is -2.30. The number of anilines is 1. The van der Waals surface area contributed by atoms with Crippen LogP contribution in [-0.4, -0.2) is 43.0 Å². The van der Waals surface area contributed by atoms with E-state index < -0.39 is 10.0 Å². The average molecular weight is 424 g/mol. The van der Waals surface area contributed by atoms with Gasteiger partial charge in [0.05, 0.1) is 28.8 Å². The lowest BCUT2D eigenvalue weighted by Gasteiger charge is -2.20. The summed E-state index contributed by atoms with van der Waals surface area (Å²) in [6, 6.07) is 4.51. The number of aryl methyl sites for hydroxylation is 2. The van der Waals surface area contributed by atoms with Gasteiger partial charge in [0.15, 0.2) is 0 Å². The molecule has 1 heterocycles. The van der Waals surface area contributed by atoms with Gasteiger partial charge in [-0.05, 0) is 45.9 Å². The van der Waals surface area contributed by atoms with E-state index in [1.165, 1.54) is 16.4 Å². The highest BCUT2D eigenvalue weighted by molar-refractivity contribution is 7.89. The number of nitrogens with one attached hydrogen (secondary N) is 1. The van der Waals surface area contributed by atoms with Crippen LogP contribution in [0.25, 0.3) is 0 Å². The second kappa shape index (κ2) is 9.41. The third-order valence-corrected chi connectivity index (χ3v) is 6.50. The fourth-order valence-corrected chi connectivity index (χ4v) is 4.43. The molecule has 0 saturated carbocycles. The molecule has 2 aromatic rings. The predicted octanol–water partition coefficient (Wildman–Crippen LogP) is 3.29. The minimum absolute atomic E-state index is 0.0648. The van der Waals surface area contributed by atoms with Crippen LogP contribution in [0, 0.1) is 13.8 Å². The number of sulfonamides is 1. The van der Waals surface area contributed by atoms with Crippen molar-refractivity contribution in [3.63, 3.8) is 0 Å². The maximum Gasteiger partial charge on any atom is 0.243 e. The maximum atomic E-state index is 12.9. The van der Waals surface area contributed by atoms with Crippen molar-refractivity contribution in [2.45, 2.75) is 59.0 Å². The average Bonchev–Trinajstić information content (AvgIpc) is 2.95. The Balaban J connectivity index is 2.38. The summed E-state index contributed by atoms with van der Waals surface area (Å²) in [6.07, 6.45) is -0.0755. The summed E-state index contributed by atoms with van der Waals surface area (Å²) < 4.78 is 37.9. The number of ether oxygens (including phenoxy) is 1. The number of benzene rings is 1. The molecule has 29 heavy (non-hydrogen) atoms. The van der Waals surface area contributed by atoms with Gasteiger partial charge in [-0.1, -0.05) is 19.0 Å². The molecule has 1 aromatic carbocycles. The monoisotopic (exact) mass is 423 g/mol. The minimum atomic E-state index is -3.67. The molecule has 2 rings (SSSR count). The first-order chi connectivity index (χ1) is 13.6. The lowest BCUT2D eigenvalue weighted by molar-refractivity contribution is -0.115. The summed E-state index contributed by atoms with van der Waals surface area (Å²) in [5.41, 5.74) is 1.67. The van der Waals surface area contributed by atoms with Crippen molar-refractivity contribution in [3.8, 4) is 5.75 Å². The van der Waals surface area contributed by atoms with E-state index in [0.717, 1.165) is 0 Å². The largest absolute Gasteiger partial charge is 0.489 e. The number of hydrogen-bond acceptors (Lipinski definition) is 6. The maximum absolute atomic E-state index is 12.9. The molecular weight excluding hydrogens is 394 g/mol. The van der Waals surface area contributed by atoms with Gasteiger partial charge in [0, 0.05) is 18.7 Å². The van der Waals surface area contributed by atoms with Crippen molar-refractivity contribution in [2.24, 2.45) is 0 Å². The Bertz CT molecular complexity index is 943. The minimum Gasteiger partial charge on any atom is -0.489 e. The highest BCUT2D eigenvalue weighted by Crippen LogP contribution is 2.30. The molecule has 1 N–H and O–H groups in total. The Labute approximate surface area is 172 Å². The molecule has 0 atom stereocenters. The lowest BCUT2D eigenvalue weighted by atomic mass is 10.1. The van der Waals surface area contributed by atoms with E-state index in [-0.39, 0.29) is 23.3 Å². The van der Waals surface area contributed by atoms with Gasteiger partial charge in [-0.15, -0.1) is 0 Å². The third kappa shape index (κ3) is 5.36. The molecule has 0 aliphatic rings. The number of amides is 1. The molecule has 0 unspecified atom stereocenters. The van der Waals surface area contributed by atoms with Crippen molar-refractivity contribution in [1.29, 1.82) is 0 Å². The van der Waals surface area contributed by atoms with Gasteiger partial charge in [0.1, 0.15) is 11.5 Å². The molecule has 0 aliphatic carbocycles. The second-order valence-electron chi connectivity index (χ2n) is 6.94. The van der Waals surface area contributed by atoms with E-state index in [1.807, 2.05) is 13.8 Å². The molecule has 0 spiro atoms. The smallest absolute Gasteiger partial charge is 0.243 e. The Kier molecular flexibility index (Phi) is 7.43. The van der Waals surface area contributed by atoms with Gasteiger partial charge < -0.3 is 14.6 Å². The first kappa shape index (κ1) is 22.9. The Hall–Kier alpha value is -2.39. The molecule has 0 aliphatic heterocycles. The van der Waals surface area contributed by atoms with Gasteiger partial charge in [-0.25, -0.2) is 8.42 Å². The van der Waals surface area contributed by atoms with Crippen LogP contribution in [0.15, 0.2) is 27.6 Å². The zero-order chi connectivity index (χ0) is 21.8. The van der Waals surface area contributed by atoms with Gasteiger partial charge in [0.2, 0.25) is 15.9 Å². The summed E-state index contributed by atoms with van der Waals surface area (Å²) in [4.78, 5) is 12.7. The van der Waals surface area contributed by atoms with Crippen molar-refractivity contribution in [1.82, 2.24) is 9.46 Å². The molecule has 160 valence electrons. The summed E-state index contributed by atoms with van der Waals surface area (Å²) in [7, 11) is -3.67. The number of carbonyl (C=O) groups is 1. The number of aromatic nitrogens is 1. The fraction of sp³-hybridized carbons (Fsp3) is 0.500. The summed E-state index contributed by atoms with van der Waals surface area (Å²) in [6.45, 7) is 11.5. The van der Waals surface area contributed by atoms with E-state index in [9.17, 15) is 13.2 Å². The zero-order valence-electron chi connectivity index (χ0n) is 17.8. The number of rotatable bonds is 9. The van der Waals surface area contributed by atoms with Crippen LogP contribution >= 0.6 is 0 Å². The summed E-state index contributed by atoms with van der Waals surface area (Å²) >= 11 is 0. The van der Waals surface area contributed by atoms with Crippen LogP contribution in [0.1, 0.15) is 44.7 Å². The molecule has 0 bridgehead atoms. The molecule has 0 radical (unpaired) electrons. The van der Waals surface area contributed by atoms with Crippen molar-refractivity contribution in [2.75, 3.05) is 18.4 Å². The van der Waals surface area contributed by atoms with Crippen molar-refractivity contribution in [3.05, 3.63) is 35.2 Å². The highest BCUT2D eigenvalue weighted by atomic mass is 32.2. The van der Waals surface area contributed by atoms with E-state index in [2.05, 4.69) is 10.5 Å². The van der Waals surface area contributed by atoms with Crippen LogP contribution < -0.4 is 10.1 Å². The van der Waals surface area contributed by atoms with Crippen LogP contribution in [0.4, 0.5) is 5.69 Å². The van der Waals surface area contributed by atoms with Gasteiger partial charge in [0.25, 0.3) is 0 Å². The van der Waals surface area contributed by atoms with Crippen LogP contribution in [0.5, 0.6) is 5.75 Å². The van der Waals surface area contributed by atoms with E-state index >= 15 is 0 Å².